The van der Waals surface area contributed by atoms with E-state index in [9.17, 15) is 14.0 Å². The molecule has 0 aromatic heterocycles. The van der Waals surface area contributed by atoms with E-state index in [1.807, 2.05) is 0 Å². The fourth-order valence-corrected chi connectivity index (χ4v) is 2.69. The van der Waals surface area contributed by atoms with Crippen LogP contribution in [-0.2, 0) is 9.53 Å². The van der Waals surface area contributed by atoms with Gasteiger partial charge in [0.1, 0.15) is 17.5 Å². The lowest BCUT2D eigenvalue weighted by molar-refractivity contribution is -0.120. The van der Waals surface area contributed by atoms with E-state index in [1.165, 1.54) is 17.0 Å². The summed E-state index contributed by atoms with van der Waals surface area (Å²) in [5.41, 5.74) is 0.169. The Morgan fingerprint density at radius 3 is 2.64 bits per heavy atom. The lowest BCUT2D eigenvalue weighted by atomic mass is 10.0. The van der Waals surface area contributed by atoms with Crippen molar-refractivity contribution in [3.63, 3.8) is 0 Å². The molecule has 0 spiro atoms. The average Bonchev–Trinajstić information content (AvgIpc) is 2.73. The molecule has 4 nitrogen and oxygen atoms in total. The minimum absolute atomic E-state index is 0.169. The van der Waals surface area contributed by atoms with Crippen molar-refractivity contribution in [2.45, 2.75) is 45.8 Å². The molecule has 0 N–H and O–H groups in total. The van der Waals surface area contributed by atoms with Crippen molar-refractivity contribution < 1.29 is 18.7 Å². The molecule has 120 valence electrons. The van der Waals surface area contributed by atoms with E-state index < -0.39 is 23.6 Å². The van der Waals surface area contributed by atoms with E-state index in [-0.39, 0.29) is 18.7 Å². The number of nitrogens with zero attached hydrogens (tertiary/aromatic N) is 1. The monoisotopic (exact) mass is 327 g/mol. The summed E-state index contributed by atoms with van der Waals surface area (Å²) in [5, 5.41) is 0.301. The van der Waals surface area contributed by atoms with Crippen molar-refractivity contribution in [1.29, 1.82) is 0 Å². The van der Waals surface area contributed by atoms with Crippen LogP contribution in [0.25, 0.3) is 0 Å². The second kappa shape index (κ2) is 5.88. The molecule has 0 saturated carbocycles. The fraction of sp³-hybridized carbons (Fsp3) is 0.500. The minimum Gasteiger partial charge on any atom is -0.444 e. The number of benzene rings is 1. The van der Waals surface area contributed by atoms with Gasteiger partial charge in [0.15, 0.2) is 5.78 Å². The summed E-state index contributed by atoms with van der Waals surface area (Å²) in [6.45, 7) is 7.14. The summed E-state index contributed by atoms with van der Waals surface area (Å²) < 4.78 is 19.0. The number of Topliss-reactive ketones (excluding diaryl/α,β-unsaturated/α-hetero) is 1. The van der Waals surface area contributed by atoms with Crippen molar-refractivity contribution >= 4 is 23.5 Å². The zero-order valence-corrected chi connectivity index (χ0v) is 13.8. The summed E-state index contributed by atoms with van der Waals surface area (Å²) in [4.78, 5) is 25.8. The van der Waals surface area contributed by atoms with Crippen LogP contribution in [0.4, 0.5) is 9.18 Å². The maximum Gasteiger partial charge on any atom is 0.411 e. The van der Waals surface area contributed by atoms with Crippen LogP contribution in [0.3, 0.4) is 0 Å². The lowest BCUT2D eigenvalue weighted by Gasteiger charge is -2.28. The van der Waals surface area contributed by atoms with Crippen LogP contribution in [0.5, 0.6) is 0 Å². The van der Waals surface area contributed by atoms with Gasteiger partial charge < -0.3 is 4.74 Å². The largest absolute Gasteiger partial charge is 0.444 e. The maximum absolute atomic E-state index is 13.7. The van der Waals surface area contributed by atoms with Gasteiger partial charge in [-0.15, -0.1) is 0 Å². The Morgan fingerprint density at radius 1 is 1.41 bits per heavy atom. The fourth-order valence-electron chi connectivity index (χ4n) is 2.48. The van der Waals surface area contributed by atoms with E-state index in [2.05, 4.69) is 0 Å². The number of ether oxygens (including phenoxy) is 1. The predicted molar refractivity (Wildman–Crippen MR) is 81.5 cm³/mol. The second-order valence-electron chi connectivity index (χ2n) is 6.42. The van der Waals surface area contributed by atoms with Crippen LogP contribution in [0.15, 0.2) is 12.1 Å². The number of hydrogen-bond acceptors (Lipinski definition) is 3. The Labute approximate surface area is 134 Å². The van der Waals surface area contributed by atoms with E-state index in [0.717, 1.165) is 0 Å². The molecule has 1 fully saturated rings. The number of carbonyl (C=O) groups excluding carboxylic acids is 2. The highest BCUT2D eigenvalue weighted by atomic mass is 35.5. The summed E-state index contributed by atoms with van der Waals surface area (Å²) >= 11 is 6.22. The summed E-state index contributed by atoms with van der Waals surface area (Å²) in [5.74, 6) is -0.654. The molecule has 1 heterocycles. The van der Waals surface area contributed by atoms with Crippen molar-refractivity contribution in [2.24, 2.45) is 0 Å². The van der Waals surface area contributed by atoms with E-state index >= 15 is 0 Å². The molecule has 0 bridgehead atoms. The highest BCUT2D eigenvalue weighted by Crippen LogP contribution is 2.36. The van der Waals surface area contributed by atoms with E-state index in [0.29, 0.717) is 16.1 Å². The minimum atomic E-state index is -0.892. The number of ketones is 1. The van der Waals surface area contributed by atoms with Crippen molar-refractivity contribution in [1.82, 2.24) is 4.90 Å². The molecule has 1 amide bonds. The Kier molecular flexibility index (Phi) is 4.47. The zero-order chi connectivity index (χ0) is 16.7. The Balaban J connectivity index is 2.39. The smallest absolute Gasteiger partial charge is 0.411 e. The lowest BCUT2D eigenvalue weighted by Crippen LogP contribution is -2.37. The first-order chi connectivity index (χ1) is 10.1. The average molecular weight is 328 g/mol. The van der Waals surface area contributed by atoms with Gasteiger partial charge in [-0.3, -0.25) is 9.69 Å². The van der Waals surface area contributed by atoms with Crippen LogP contribution in [-0.4, -0.2) is 28.9 Å². The number of halogens is 2. The number of likely N-dealkylation sites (tertiary alicyclic amines) is 1. The van der Waals surface area contributed by atoms with Crippen LogP contribution >= 0.6 is 11.6 Å². The standard InChI is InChI=1S/C16H19ClFNO3/c1-9-7-10(18)8-11(13(9)17)14-12(20)5-6-19(14)15(21)22-16(2,3)4/h7-8,14H,5-6H2,1-4H3/t14-/m1/s1. The Bertz CT molecular complexity index is 625. The van der Waals surface area contributed by atoms with E-state index in [4.69, 9.17) is 16.3 Å². The summed E-state index contributed by atoms with van der Waals surface area (Å²) in [6, 6.07) is 1.61. The van der Waals surface area contributed by atoms with Crippen LogP contribution < -0.4 is 0 Å². The van der Waals surface area contributed by atoms with Gasteiger partial charge in [0.05, 0.1) is 0 Å². The molecular formula is C16H19ClFNO3. The van der Waals surface area contributed by atoms with Gasteiger partial charge in [0, 0.05) is 23.6 Å². The molecule has 2 rings (SSSR count). The first-order valence-corrected chi connectivity index (χ1v) is 7.46. The van der Waals surface area contributed by atoms with Crippen LogP contribution in [0.1, 0.15) is 44.4 Å². The predicted octanol–water partition coefficient (Wildman–Crippen LogP) is 4.04. The quantitative estimate of drug-likeness (QED) is 0.782. The molecule has 1 atom stereocenters. The number of aryl methyl sites for hydroxylation is 1. The van der Waals surface area contributed by atoms with Gasteiger partial charge in [-0.1, -0.05) is 11.6 Å². The molecule has 1 aliphatic heterocycles. The normalized spacial score (nSPS) is 18.7. The van der Waals surface area contributed by atoms with Gasteiger partial charge >= 0.3 is 6.09 Å². The molecule has 1 aromatic rings. The Morgan fingerprint density at radius 2 is 2.05 bits per heavy atom. The van der Waals surface area contributed by atoms with Gasteiger partial charge in [-0.25, -0.2) is 9.18 Å². The molecule has 0 aliphatic carbocycles. The molecule has 0 radical (unpaired) electrons. The molecule has 1 saturated heterocycles. The SMILES string of the molecule is Cc1cc(F)cc([C@@H]2C(=O)CCN2C(=O)OC(C)(C)C)c1Cl. The highest BCUT2D eigenvalue weighted by Gasteiger charge is 2.40. The van der Waals surface area contributed by atoms with E-state index in [1.54, 1.807) is 27.7 Å². The third-order valence-electron chi connectivity index (χ3n) is 3.39. The first-order valence-electron chi connectivity index (χ1n) is 7.08. The summed E-state index contributed by atoms with van der Waals surface area (Å²) in [7, 11) is 0. The zero-order valence-electron chi connectivity index (χ0n) is 13.1. The third-order valence-corrected chi connectivity index (χ3v) is 3.90. The third kappa shape index (κ3) is 3.40. The van der Waals surface area contributed by atoms with Gasteiger partial charge in [0.2, 0.25) is 0 Å². The Hall–Kier alpha value is -1.62. The number of rotatable bonds is 1. The molecule has 1 aromatic carbocycles. The van der Waals surface area contributed by atoms with Crippen LogP contribution in [0.2, 0.25) is 5.02 Å². The van der Waals surface area contributed by atoms with Gasteiger partial charge in [0.25, 0.3) is 0 Å². The topological polar surface area (TPSA) is 46.6 Å². The maximum atomic E-state index is 13.7. The van der Waals surface area contributed by atoms with Crippen molar-refractivity contribution in [2.75, 3.05) is 6.54 Å². The molecule has 0 unspecified atom stereocenters. The van der Waals surface area contributed by atoms with Gasteiger partial charge in [-0.2, -0.15) is 0 Å². The van der Waals surface area contributed by atoms with Crippen molar-refractivity contribution in [3.05, 3.63) is 34.1 Å². The number of hydrogen-bond donors (Lipinski definition) is 0. The first kappa shape index (κ1) is 16.7. The second-order valence-corrected chi connectivity index (χ2v) is 6.80. The number of amides is 1. The highest BCUT2D eigenvalue weighted by molar-refractivity contribution is 6.32. The molecular weight excluding hydrogens is 309 g/mol. The van der Waals surface area contributed by atoms with Crippen molar-refractivity contribution in [3.8, 4) is 0 Å². The molecule has 22 heavy (non-hydrogen) atoms. The summed E-state index contributed by atoms with van der Waals surface area (Å²) in [6.07, 6.45) is -0.392. The molecule has 1 aliphatic rings. The number of carbonyl (C=O) groups is 2. The van der Waals surface area contributed by atoms with Gasteiger partial charge in [-0.05, 0) is 45.4 Å². The molecule has 6 heteroatoms. The van der Waals surface area contributed by atoms with Crippen LogP contribution in [0, 0.1) is 12.7 Å².